The summed E-state index contributed by atoms with van der Waals surface area (Å²) in [5.41, 5.74) is 5.98. The van der Waals surface area contributed by atoms with Crippen LogP contribution in [0.3, 0.4) is 0 Å². The third-order valence-electron chi connectivity index (χ3n) is 1.90. The van der Waals surface area contributed by atoms with Crippen molar-refractivity contribution in [3.63, 3.8) is 0 Å². The summed E-state index contributed by atoms with van der Waals surface area (Å²) in [6.45, 7) is 0. The van der Waals surface area contributed by atoms with Crippen LogP contribution in [0.2, 0.25) is 0 Å². The molecule has 5 heteroatoms. The Morgan fingerprint density at radius 1 is 1.47 bits per heavy atom. The first kappa shape index (κ1) is 9.39. The SMILES string of the molecule is NC(=O)c1occc1-c1cncc(F)c1. The normalized spacial score (nSPS) is 10.2. The summed E-state index contributed by atoms with van der Waals surface area (Å²) in [5.74, 6) is -1.18. The molecule has 0 radical (unpaired) electrons. The maximum absolute atomic E-state index is 12.9. The molecule has 0 spiro atoms. The number of amides is 1. The second kappa shape index (κ2) is 3.53. The van der Waals surface area contributed by atoms with Crippen molar-refractivity contribution in [1.29, 1.82) is 0 Å². The number of primary amides is 1. The Morgan fingerprint density at radius 2 is 2.27 bits per heavy atom. The maximum Gasteiger partial charge on any atom is 0.285 e. The zero-order valence-corrected chi connectivity index (χ0v) is 7.61. The number of carbonyl (C=O) groups excluding carboxylic acids is 1. The van der Waals surface area contributed by atoms with Gasteiger partial charge in [0.1, 0.15) is 5.82 Å². The molecule has 15 heavy (non-hydrogen) atoms. The number of aromatic nitrogens is 1. The predicted molar refractivity (Wildman–Crippen MR) is 50.4 cm³/mol. The van der Waals surface area contributed by atoms with E-state index in [0.717, 1.165) is 6.20 Å². The van der Waals surface area contributed by atoms with Crippen LogP contribution in [0.5, 0.6) is 0 Å². The van der Waals surface area contributed by atoms with E-state index in [2.05, 4.69) is 4.98 Å². The molecule has 0 fully saturated rings. The van der Waals surface area contributed by atoms with E-state index < -0.39 is 11.7 Å². The van der Waals surface area contributed by atoms with Crippen molar-refractivity contribution in [3.8, 4) is 11.1 Å². The summed E-state index contributed by atoms with van der Waals surface area (Å²) in [6.07, 6.45) is 3.83. The smallest absolute Gasteiger partial charge is 0.285 e. The topological polar surface area (TPSA) is 69.1 Å². The highest BCUT2D eigenvalue weighted by Crippen LogP contribution is 2.24. The van der Waals surface area contributed by atoms with Crippen LogP contribution in [0.25, 0.3) is 11.1 Å². The number of nitrogens with zero attached hydrogens (tertiary/aromatic N) is 1. The Labute approximate surface area is 84.5 Å². The molecular formula is C10H7FN2O2. The van der Waals surface area contributed by atoms with Crippen molar-refractivity contribution in [1.82, 2.24) is 4.98 Å². The van der Waals surface area contributed by atoms with E-state index in [0.29, 0.717) is 11.1 Å². The highest BCUT2D eigenvalue weighted by atomic mass is 19.1. The van der Waals surface area contributed by atoms with Gasteiger partial charge in [0.15, 0.2) is 5.76 Å². The van der Waals surface area contributed by atoms with Gasteiger partial charge in [0.2, 0.25) is 0 Å². The monoisotopic (exact) mass is 206 g/mol. The van der Waals surface area contributed by atoms with Crippen molar-refractivity contribution in [2.45, 2.75) is 0 Å². The average Bonchev–Trinajstić information content (AvgIpc) is 2.65. The van der Waals surface area contributed by atoms with Gasteiger partial charge in [0, 0.05) is 17.3 Å². The van der Waals surface area contributed by atoms with Crippen LogP contribution in [0, 0.1) is 5.82 Å². The molecule has 2 aromatic heterocycles. The molecule has 0 aliphatic carbocycles. The van der Waals surface area contributed by atoms with E-state index in [9.17, 15) is 9.18 Å². The van der Waals surface area contributed by atoms with Crippen LogP contribution < -0.4 is 5.73 Å². The molecule has 0 saturated carbocycles. The highest BCUT2D eigenvalue weighted by molar-refractivity contribution is 5.96. The van der Waals surface area contributed by atoms with Gasteiger partial charge in [-0.2, -0.15) is 0 Å². The quantitative estimate of drug-likeness (QED) is 0.810. The summed E-state index contributed by atoms with van der Waals surface area (Å²) < 4.78 is 17.8. The molecule has 2 aromatic rings. The van der Waals surface area contributed by atoms with Gasteiger partial charge in [0.25, 0.3) is 5.91 Å². The van der Waals surface area contributed by atoms with Crippen molar-refractivity contribution in [2.75, 3.05) is 0 Å². The standard InChI is InChI=1S/C10H7FN2O2/c11-7-3-6(4-13-5-7)8-1-2-15-9(8)10(12)14/h1-5H,(H2,12,14). The molecule has 2 heterocycles. The average molecular weight is 206 g/mol. The molecule has 0 bridgehead atoms. The van der Waals surface area contributed by atoms with Crippen LogP contribution in [-0.2, 0) is 0 Å². The fourth-order valence-electron chi connectivity index (χ4n) is 1.29. The largest absolute Gasteiger partial charge is 0.459 e. The van der Waals surface area contributed by atoms with Crippen molar-refractivity contribution >= 4 is 5.91 Å². The van der Waals surface area contributed by atoms with Gasteiger partial charge in [0.05, 0.1) is 12.5 Å². The summed E-state index contributed by atoms with van der Waals surface area (Å²) in [4.78, 5) is 14.6. The van der Waals surface area contributed by atoms with Crippen molar-refractivity contribution in [2.24, 2.45) is 5.73 Å². The summed E-state index contributed by atoms with van der Waals surface area (Å²) in [7, 11) is 0. The van der Waals surface area contributed by atoms with E-state index in [1.807, 2.05) is 0 Å². The Bertz CT molecular complexity index is 508. The first-order valence-electron chi connectivity index (χ1n) is 4.16. The number of hydrogen-bond donors (Lipinski definition) is 1. The number of carbonyl (C=O) groups is 1. The van der Waals surface area contributed by atoms with Crippen LogP contribution in [0.1, 0.15) is 10.6 Å². The fourth-order valence-corrected chi connectivity index (χ4v) is 1.29. The number of halogens is 1. The van der Waals surface area contributed by atoms with Gasteiger partial charge in [-0.1, -0.05) is 0 Å². The molecule has 76 valence electrons. The molecule has 0 aliphatic heterocycles. The first-order valence-corrected chi connectivity index (χ1v) is 4.16. The van der Waals surface area contributed by atoms with Gasteiger partial charge in [-0.3, -0.25) is 9.78 Å². The molecule has 0 saturated heterocycles. The predicted octanol–water partition coefficient (Wildman–Crippen LogP) is 1.58. The molecule has 1 amide bonds. The minimum atomic E-state index is -0.695. The number of rotatable bonds is 2. The molecule has 0 unspecified atom stereocenters. The van der Waals surface area contributed by atoms with Crippen LogP contribution in [0.4, 0.5) is 4.39 Å². The minimum absolute atomic E-state index is 0.00222. The Balaban J connectivity index is 2.54. The molecule has 0 aliphatic rings. The van der Waals surface area contributed by atoms with E-state index in [-0.39, 0.29) is 5.76 Å². The van der Waals surface area contributed by atoms with E-state index in [1.54, 1.807) is 0 Å². The van der Waals surface area contributed by atoms with Gasteiger partial charge in [-0.15, -0.1) is 0 Å². The molecule has 0 aromatic carbocycles. The second-order valence-electron chi connectivity index (χ2n) is 2.92. The lowest BCUT2D eigenvalue weighted by Crippen LogP contribution is -2.10. The van der Waals surface area contributed by atoms with Gasteiger partial charge >= 0.3 is 0 Å². The number of hydrogen-bond acceptors (Lipinski definition) is 3. The number of furan rings is 1. The number of pyridine rings is 1. The lowest BCUT2D eigenvalue weighted by Gasteiger charge is -1.98. The van der Waals surface area contributed by atoms with Crippen molar-refractivity contribution < 1.29 is 13.6 Å². The van der Waals surface area contributed by atoms with E-state index >= 15 is 0 Å². The molecule has 2 N–H and O–H groups in total. The maximum atomic E-state index is 12.9. The molecule has 4 nitrogen and oxygen atoms in total. The molecular weight excluding hydrogens is 199 g/mol. The van der Waals surface area contributed by atoms with Crippen LogP contribution in [-0.4, -0.2) is 10.9 Å². The summed E-state index contributed by atoms with van der Waals surface area (Å²) in [6, 6.07) is 2.79. The molecule has 2 rings (SSSR count). The molecule has 0 atom stereocenters. The third kappa shape index (κ3) is 1.71. The minimum Gasteiger partial charge on any atom is -0.459 e. The van der Waals surface area contributed by atoms with Gasteiger partial charge in [-0.25, -0.2) is 4.39 Å². The van der Waals surface area contributed by atoms with E-state index in [1.165, 1.54) is 24.6 Å². The first-order chi connectivity index (χ1) is 7.18. The van der Waals surface area contributed by atoms with E-state index in [4.69, 9.17) is 10.2 Å². The summed E-state index contributed by atoms with van der Waals surface area (Å²) >= 11 is 0. The van der Waals surface area contributed by atoms with Gasteiger partial charge in [-0.05, 0) is 12.1 Å². The fraction of sp³-hybridized carbons (Fsp3) is 0. The second-order valence-corrected chi connectivity index (χ2v) is 2.92. The Kier molecular flexibility index (Phi) is 2.21. The van der Waals surface area contributed by atoms with Gasteiger partial charge < -0.3 is 10.2 Å². The zero-order valence-electron chi connectivity index (χ0n) is 7.61. The lowest BCUT2D eigenvalue weighted by molar-refractivity contribution is 0.0975. The Hall–Kier alpha value is -2.17. The third-order valence-corrected chi connectivity index (χ3v) is 1.90. The van der Waals surface area contributed by atoms with Crippen molar-refractivity contribution in [3.05, 3.63) is 42.4 Å². The number of nitrogens with two attached hydrogens (primary N) is 1. The zero-order chi connectivity index (χ0) is 10.8. The Morgan fingerprint density at radius 3 is 2.93 bits per heavy atom. The lowest BCUT2D eigenvalue weighted by atomic mass is 10.1. The highest BCUT2D eigenvalue weighted by Gasteiger charge is 2.14. The van der Waals surface area contributed by atoms with Crippen LogP contribution in [0.15, 0.2) is 35.2 Å². The summed E-state index contributed by atoms with van der Waals surface area (Å²) in [5, 5.41) is 0. The van der Waals surface area contributed by atoms with Crippen LogP contribution >= 0.6 is 0 Å².